The van der Waals surface area contributed by atoms with Gasteiger partial charge in [0.25, 0.3) is 5.91 Å². The second-order valence-electron chi connectivity index (χ2n) is 5.87. The van der Waals surface area contributed by atoms with Crippen LogP contribution in [0.4, 0.5) is 5.69 Å². The van der Waals surface area contributed by atoms with Crippen LogP contribution in [0.3, 0.4) is 0 Å². The van der Waals surface area contributed by atoms with Crippen molar-refractivity contribution in [3.8, 4) is 0 Å². The smallest absolute Gasteiger partial charge is 0.287 e. The Balaban J connectivity index is 1.78. The van der Waals surface area contributed by atoms with Crippen molar-refractivity contribution in [3.63, 3.8) is 0 Å². The molecular formula is C18H20ClN2O+. The second-order valence-corrected chi connectivity index (χ2v) is 6.28. The molecule has 1 amide bonds. The van der Waals surface area contributed by atoms with E-state index in [1.165, 1.54) is 12.8 Å². The lowest BCUT2D eigenvalue weighted by Crippen LogP contribution is -2.88. The monoisotopic (exact) mass is 315 g/mol. The number of quaternary nitrogens is 1. The van der Waals surface area contributed by atoms with E-state index in [2.05, 4.69) is 10.6 Å². The Morgan fingerprint density at radius 1 is 1.23 bits per heavy atom. The second kappa shape index (κ2) is 6.51. The predicted molar refractivity (Wildman–Crippen MR) is 88.9 cm³/mol. The van der Waals surface area contributed by atoms with E-state index in [1.807, 2.05) is 49.4 Å². The van der Waals surface area contributed by atoms with Crippen molar-refractivity contribution in [3.05, 3.63) is 64.7 Å². The topological polar surface area (TPSA) is 45.7 Å². The van der Waals surface area contributed by atoms with Gasteiger partial charge in [-0.05, 0) is 24.6 Å². The van der Waals surface area contributed by atoms with Crippen molar-refractivity contribution >= 4 is 23.2 Å². The number of nitrogens with one attached hydrogen (secondary N) is 1. The first-order chi connectivity index (χ1) is 10.6. The molecule has 0 aromatic heterocycles. The van der Waals surface area contributed by atoms with Crippen LogP contribution in [0.5, 0.6) is 0 Å². The van der Waals surface area contributed by atoms with Crippen molar-refractivity contribution in [1.82, 2.24) is 0 Å². The lowest BCUT2D eigenvalue weighted by atomic mass is 10.1. The molecule has 2 aromatic rings. The summed E-state index contributed by atoms with van der Waals surface area (Å²) in [4.78, 5) is 12.7. The Kier molecular flexibility index (Phi) is 4.46. The molecule has 0 unspecified atom stereocenters. The highest BCUT2D eigenvalue weighted by Gasteiger charge is 2.33. The average Bonchev–Trinajstić information content (AvgIpc) is 3.33. The molecule has 3 rings (SSSR count). The molecular weight excluding hydrogens is 296 g/mol. The van der Waals surface area contributed by atoms with E-state index in [9.17, 15) is 4.79 Å². The third-order valence-electron chi connectivity index (χ3n) is 3.97. The highest BCUT2D eigenvalue weighted by molar-refractivity contribution is 6.31. The molecule has 0 spiro atoms. The Hall–Kier alpha value is -1.84. The molecule has 1 aliphatic rings. The van der Waals surface area contributed by atoms with Gasteiger partial charge in [-0.15, -0.1) is 0 Å². The number of anilines is 1. The molecule has 3 nitrogen and oxygen atoms in total. The summed E-state index contributed by atoms with van der Waals surface area (Å²) in [6.45, 7) is 1.95. The summed E-state index contributed by atoms with van der Waals surface area (Å²) in [5.41, 5.74) is 2.78. The maximum Gasteiger partial charge on any atom is 0.287 e. The molecule has 1 aliphatic carbocycles. The highest BCUT2D eigenvalue weighted by Crippen LogP contribution is 2.22. The first-order valence-corrected chi connectivity index (χ1v) is 7.98. The first kappa shape index (κ1) is 15.1. The summed E-state index contributed by atoms with van der Waals surface area (Å²) >= 11 is 6.13. The van der Waals surface area contributed by atoms with Crippen LogP contribution in [0.2, 0.25) is 5.02 Å². The molecule has 0 radical (unpaired) electrons. The van der Waals surface area contributed by atoms with Crippen LogP contribution in [0.1, 0.15) is 30.0 Å². The van der Waals surface area contributed by atoms with Gasteiger partial charge in [-0.2, -0.15) is 0 Å². The fourth-order valence-electron chi connectivity index (χ4n) is 2.46. The number of carbonyl (C=O) groups is 1. The Morgan fingerprint density at radius 3 is 2.59 bits per heavy atom. The maximum atomic E-state index is 12.7. The predicted octanol–water partition coefficient (Wildman–Crippen LogP) is 3.05. The van der Waals surface area contributed by atoms with E-state index in [4.69, 9.17) is 11.6 Å². The zero-order valence-corrected chi connectivity index (χ0v) is 13.3. The van der Waals surface area contributed by atoms with Crippen LogP contribution in [0.25, 0.3) is 0 Å². The van der Waals surface area contributed by atoms with E-state index in [1.54, 1.807) is 6.07 Å². The van der Waals surface area contributed by atoms with Crippen LogP contribution in [0, 0.1) is 6.92 Å². The van der Waals surface area contributed by atoms with Crippen LogP contribution < -0.4 is 10.6 Å². The summed E-state index contributed by atoms with van der Waals surface area (Å²) in [5.74, 6) is -0.00183. The summed E-state index contributed by atoms with van der Waals surface area (Å²) in [6.07, 6.45) is 2.37. The van der Waals surface area contributed by atoms with Crippen molar-refractivity contribution < 1.29 is 10.1 Å². The van der Waals surface area contributed by atoms with Crippen LogP contribution >= 0.6 is 11.6 Å². The van der Waals surface area contributed by atoms with Crippen molar-refractivity contribution in [2.75, 3.05) is 5.32 Å². The minimum atomic E-state index is -0.214. The molecule has 22 heavy (non-hydrogen) atoms. The molecule has 1 saturated carbocycles. The fourth-order valence-corrected chi connectivity index (χ4v) is 2.64. The van der Waals surface area contributed by atoms with Gasteiger partial charge >= 0.3 is 0 Å². The highest BCUT2D eigenvalue weighted by atomic mass is 35.5. The van der Waals surface area contributed by atoms with Gasteiger partial charge in [-0.1, -0.05) is 48.0 Å². The van der Waals surface area contributed by atoms with Gasteiger partial charge in [0.2, 0.25) is 0 Å². The van der Waals surface area contributed by atoms with E-state index in [0.717, 1.165) is 16.8 Å². The standard InChI is InChI=1S/C18H19ClN2O/c1-12-7-8-15(11-16(12)19)21-18(22)17(20-14-9-10-14)13-5-3-2-4-6-13/h2-8,11,14,17,20H,9-10H2,1H3,(H,21,22)/p+1/t17-/m1/s1. The average molecular weight is 316 g/mol. The number of amides is 1. The normalized spacial score (nSPS) is 15.4. The third kappa shape index (κ3) is 3.67. The fraction of sp³-hybridized carbons (Fsp3) is 0.278. The number of hydrogen-bond donors (Lipinski definition) is 2. The quantitative estimate of drug-likeness (QED) is 0.875. The zero-order chi connectivity index (χ0) is 15.5. The number of carbonyl (C=O) groups excluding carboxylic acids is 1. The van der Waals surface area contributed by atoms with Gasteiger partial charge < -0.3 is 10.6 Å². The van der Waals surface area contributed by atoms with Crippen molar-refractivity contribution in [1.29, 1.82) is 0 Å². The molecule has 0 bridgehead atoms. The van der Waals surface area contributed by atoms with E-state index in [0.29, 0.717) is 11.1 Å². The lowest BCUT2D eigenvalue weighted by molar-refractivity contribution is -0.695. The number of benzene rings is 2. The van der Waals surface area contributed by atoms with E-state index < -0.39 is 0 Å². The summed E-state index contributed by atoms with van der Waals surface area (Å²) in [5, 5.41) is 5.82. The molecule has 0 aliphatic heterocycles. The molecule has 1 atom stereocenters. The first-order valence-electron chi connectivity index (χ1n) is 7.60. The SMILES string of the molecule is Cc1ccc(NC(=O)[C@H]([NH2+]C2CC2)c2ccccc2)cc1Cl. The Bertz CT molecular complexity index is 668. The van der Waals surface area contributed by atoms with Gasteiger partial charge in [0, 0.05) is 29.1 Å². The molecule has 114 valence electrons. The molecule has 0 heterocycles. The lowest BCUT2D eigenvalue weighted by Gasteiger charge is -2.16. The van der Waals surface area contributed by atoms with Gasteiger partial charge in [-0.25, -0.2) is 0 Å². The Labute approximate surface area is 135 Å². The van der Waals surface area contributed by atoms with Gasteiger partial charge in [0.1, 0.15) is 0 Å². The van der Waals surface area contributed by atoms with Crippen LogP contribution in [0.15, 0.2) is 48.5 Å². The largest absolute Gasteiger partial charge is 0.330 e. The van der Waals surface area contributed by atoms with Crippen LogP contribution in [-0.2, 0) is 4.79 Å². The number of halogens is 1. The zero-order valence-electron chi connectivity index (χ0n) is 12.6. The molecule has 1 fully saturated rings. The van der Waals surface area contributed by atoms with Crippen molar-refractivity contribution in [2.45, 2.75) is 31.8 Å². The summed E-state index contributed by atoms with van der Waals surface area (Å²) < 4.78 is 0. The minimum Gasteiger partial charge on any atom is -0.330 e. The summed E-state index contributed by atoms with van der Waals surface area (Å²) in [7, 11) is 0. The van der Waals surface area contributed by atoms with E-state index in [-0.39, 0.29) is 11.9 Å². The van der Waals surface area contributed by atoms with Gasteiger partial charge in [0.15, 0.2) is 6.04 Å². The Morgan fingerprint density at radius 2 is 1.95 bits per heavy atom. The number of hydrogen-bond acceptors (Lipinski definition) is 1. The third-order valence-corrected chi connectivity index (χ3v) is 4.37. The molecule has 3 N–H and O–H groups in total. The van der Waals surface area contributed by atoms with Gasteiger partial charge in [0.05, 0.1) is 6.04 Å². The van der Waals surface area contributed by atoms with Gasteiger partial charge in [-0.3, -0.25) is 4.79 Å². The molecule has 4 heteroatoms. The molecule has 0 saturated heterocycles. The van der Waals surface area contributed by atoms with E-state index >= 15 is 0 Å². The summed E-state index contributed by atoms with van der Waals surface area (Å²) in [6, 6.07) is 15.9. The van der Waals surface area contributed by atoms with Crippen molar-refractivity contribution in [2.24, 2.45) is 0 Å². The molecule has 2 aromatic carbocycles. The number of rotatable bonds is 5. The maximum absolute atomic E-state index is 12.7. The number of nitrogens with two attached hydrogens (primary N) is 1. The number of aryl methyl sites for hydroxylation is 1. The van der Waals surface area contributed by atoms with Crippen LogP contribution in [-0.4, -0.2) is 11.9 Å². The minimum absolute atomic E-state index is 0.00183.